The Morgan fingerprint density at radius 3 is 2.65 bits per heavy atom. The summed E-state index contributed by atoms with van der Waals surface area (Å²) in [6, 6.07) is 5.03. The molecule has 7 nitrogen and oxygen atoms in total. The van der Waals surface area contributed by atoms with E-state index in [4.69, 9.17) is 16.2 Å². The van der Waals surface area contributed by atoms with Crippen LogP contribution in [0.5, 0.6) is 5.75 Å². The molecule has 2 amide bonds. The van der Waals surface area contributed by atoms with Crippen molar-refractivity contribution in [2.75, 3.05) is 38.3 Å². The molecule has 0 spiro atoms. The summed E-state index contributed by atoms with van der Waals surface area (Å²) in [5, 5.41) is 2.71. The predicted molar refractivity (Wildman–Crippen MR) is 77.3 cm³/mol. The lowest BCUT2D eigenvalue weighted by Crippen LogP contribution is -2.32. The molecule has 0 saturated carbocycles. The molecule has 5 N–H and O–H groups in total. The number of anilines is 2. The number of methoxy groups -OCH3 is 1. The number of likely N-dealkylation sites (N-methyl/N-ethyl adjacent to an activating group) is 1. The second kappa shape index (κ2) is 7.34. The number of rotatable bonds is 7. The van der Waals surface area contributed by atoms with Crippen LogP contribution in [-0.2, 0) is 9.59 Å². The maximum atomic E-state index is 11.8. The van der Waals surface area contributed by atoms with E-state index in [2.05, 4.69) is 5.32 Å². The van der Waals surface area contributed by atoms with E-state index < -0.39 is 5.91 Å². The van der Waals surface area contributed by atoms with Crippen molar-refractivity contribution in [3.63, 3.8) is 0 Å². The number of hydrogen-bond acceptors (Lipinski definition) is 5. The van der Waals surface area contributed by atoms with E-state index >= 15 is 0 Å². The average molecular weight is 280 g/mol. The molecular weight excluding hydrogens is 260 g/mol. The third-order valence-electron chi connectivity index (χ3n) is 2.68. The van der Waals surface area contributed by atoms with E-state index in [1.54, 1.807) is 37.3 Å². The molecule has 0 atom stereocenters. The lowest BCUT2D eigenvalue weighted by atomic mass is 10.2. The van der Waals surface area contributed by atoms with Gasteiger partial charge >= 0.3 is 0 Å². The Balaban J connectivity index is 2.48. The van der Waals surface area contributed by atoms with Gasteiger partial charge in [-0.15, -0.1) is 0 Å². The fourth-order valence-electron chi connectivity index (χ4n) is 1.63. The van der Waals surface area contributed by atoms with Gasteiger partial charge in [0.1, 0.15) is 5.75 Å². The van der Waals surface area contributed by atoms with Gasteiger partial charge in [-0.1, -0.05) is 0 Å². The molecule has 110 valence electrons. The Bertz CT molecular complexity index is 491. The first-order valence-electron chi connectivity index (χ1n) is 6.12. The molecule has 0 heterocycles. The van der Waals surface area contributed by atoms with Crippen molar-refractivity contribution in [2.45, 2.75) is 6.42 Å². The quantitative estimate of drug-likeness (QED) is 0.610. The number of nitrogens with zero attached hydrogens (tertiary/aromatic N) is 1. The number of carbonyl (C=O) groups is 2. The van der Waals surface area contributed by atoms with Crippen molar-refractivity contribution in [1.82, 2.24) is 4.90 Å². The van der Waals surface area contributed by atoms with Crippen LogP contribution in [0.1, 0.15) is 6.42 Å². The van der Waals surface area contributed by atoms with Crippen molar-refractivity contribution >= 4 is 23.2 Å². The summed E-state index contributed by atoms with van der Waals surface area (Å²) in [6.07, 6.45) is 0.245. The van der Waals surface area contributed by atoms with Crippen molar-refractivity contribution < 1.29 is 14.3 Å². The van der Waals surface area contributed by atoms with Crippen LogP contribution in [0.15, 0.2) is 18.2 Å². The number of benzene rings is 1. The van der Waals surface area contributed by atoms with E-state index in [-0.39, 0.29) is 18.9 Å². The van der Waals surface area contributed by atoms with Crippen LogP contribution in [0.4, 0.5) is 11.4 Å². The number of nitrogens with two attached hydrogens (primary N) is 2. The zero-order valence-electron chi connectivity index (χ0n) is 11.7. The number of amides is 2. The lowest BCUT2D eigenvalue weighted by molar-refractivity contribution is -0.120. The minimum absolute atomic E-state index is 0.123. The van der Waals surface area contributed by atoms with Gasteiger partial charge in [-0.2, -0.15) is 0 Å². The van der Waals surface area contributed by atoms with E-state index in [9.17, 15) is 9.59 Å². The van der Waals surface area contributed by atoms with Crippen molar-refractivity contribution in [1.29, 1.82) is 0 Å². The van der Waals surface area contributed by atoms with Gasteiger partial charge in [0.15, 0.2) is 0 Å². The molecule has 0 radical (unpaired) electrons. The van der Waals surface area contributed by atoms with E-state index in [1.165, 1.54) is 0 Å². The topological polar surface area (TPSA) is 111 Å². The Morgan fingerprint density at radius 1 is 1.40 bits per heavy atom. The van der Waals surface area contributed by atoms with Gasteiger partial charge in [0, 0.05) is 19.0 Å². The summed E-state index contributed by atoms with van der Waals surface area (Å²) in [4.78, 5) is 24.2. The summed E-state index contributed by atoms with van der Waals surface area (Å²) >= 11 is 0. The highest BCUT2D eigenvalue weighted by atomic mass is 16.5. The monoisotopic (exact) mass is 280 g/mol. The smallest absolute Gasteiger partial charge is 0.231 e. The lowest BCUT2D eigenvalue weighted by Gasteiger charge is -2.14. The van der Waals surface area contributed by atoms with Crippen LogP contribution in [0.3, 0.4) is 0 Å². The molecule has 0 aliphatic rings. The van der Waals surface area contributed by atoms with Gasteiger partial charge in [0.25, 0.3) is 0 Å². The Labute approximate surface area is 117 Å². The van der Waals surface area contributed by atoms with Gasteiger partial charge in [0.05, 0.1) is 25.0 Å². The van der Waals surface area contributed by atoms with E-state index in [0.717, 1.165) is 0 Å². The van der Waals surface area contributed by atoms with Crippen LogP contribution < -0.4 is 21.5 Å². The molecule has 0 unspecified atom stereocenters. The number of carbonyl (C=O) groups excluding carboxylic acids is 2. The molecule has 1 aromatic carbocycles. The minimum atomic E-state index is -0.424. The van der Waals surface area contributed by atoms with Crippen molar-refractivity contribution in [2.24, 2.45) is 5.73 Å². The molecular formula is C13H20N4O3. The molecule has 0 aromatic heterocycles. The molecule has 0 fully saturated rings. The number of primary amides is 1. The molecule has 0 aliphatic heterocycles. The van der Waals surface area contributed by atoms with Gasteiger partial charge in [0.2, 0.25) is 11.8 Å². The normalized spacial score (nSPS) is 10.3. The maximum Gasteiger partial charge on any atom is 0.231 e. The molecule has 0 bridgehead atoms. The first-order valence-corrected chi connectivity index (χ1v) is 6.12. The number of hydrogen-bond donors (Lipinski definition) is 3. The molecule has 0 saturated heterocycles. The third kappa shape index (κ3) is 5.15. The number of ether oxygens (including phenoxy) is 1. The minimum Gasteiger partial charge on any atom is -0.497 e. The SMILES string of the molecule is COc1ccc(NC(=O)CCN(C)CC(N)=O)c(N)c1. The number of nitrogens with one attached hydrogen (secondary N) is 1. The molecule has 1 aromatic rings. The standard InChI is InChI=1S/C13H20N4O3/c1-17(8-12(15)18)6-5-13(19)16-11-4-3-9(20-2)7-10(11)14/h3-4,7H,5-6,8,14H2,1-2H3,(H2,15,18)(H,16,19). The molecule has 1 rings (SSSR count). The fraction of sp³-hybridized carbons (Fsp3) is 0.385. The summed E-state index contributed by atoms with van der Waals surface area (Å²) < 4.78 is 5.03. The Morgan fingerprint density at radius 2 is 2.10 bits per heavy atom. The van der Waals surface area contributed by atoms with Gasteiger partial charge in [-0.3, -0.25) is 14.5 Å². The highest BCUT2D eigenvalue weighted by Crippen LogP contribution is 2.24. The van der Waals surface area contributed by atoms with Crippen LogP contribution >= 0.6 is 0 Å². The summed E-state index contributed by atoms with van der Waals surface area (Å²) in [5.74, 6) is 0.0205. The first-order chi connectivity index (χ1) is 9.42. The largest absolute Gasteiger partial charge is 0.497 e. The van der Waals surface area contributed by atoms with E-state index in [0.29, 0.717) is 23.7 Å². The van der Waals surface area contributed by atoms with Crippen molar-refractivity contribution in [3.8, 4) is 5.75 Å². The van der Waals surface area contributed by atoms with Crippen LogP contribution in [0.2, 0.25) is 0 Å². The van der Waals surface area contributed by atoms with Crippen LogP contribution in [0.25, 0.3) is 0 Å². The zero-order valence-corrected chi connectivity index (χ0v) is 11.7. The second-order valence-corrected chi connectivity index (χ2v) is 4.46. The zero-order chi connectivity index (χ0) is 15.1. The predicted octanol–water partition coefficient (Wildman–Crippen LogP) is 0.0231. The molecule has 7 heteroatoms. The summed E-state index contributed by atoms with van der Waals surface area (Å²) in [5.41, 5.74) is 11.8. The van der Waals surface area contributed by atoms with Crippen molar-refractivity contribution in [3.05, 3.63) is 18.2 Å². The fourth-order valence-corrected chi connectivity index (χ4v) is 1.63. The summed E-state index contributed by atoms with van der Waals surface area (Å²) in [6.45, 7) is 0.558. The first kappa shape index (κ1) is 15.8. The average Bonchev–Trinajstić information content (AvgIpc) is 2.38. The third-order valence-corrected chi connectivity index (χ3v) is 2.68. The van der Waals surface area contributed by atoms with Crippen LogP contribution in [0, 0.1) is 0 Å². The Hall–Kier alpha value is -2.28. The Kier molecular flexibility index (Phi) is 5.79. The number of nitrogen functional groups attached to an aromatic ring is 1. The highest BCUT2D eigenvalue weighted by Gasteiger charge is 2.09. The van der Waals surface area contributed by atoms with Gasteiger partial charge in [-0.05, 0) is 19.2 Å². The highest BCUT2D eigenvalue weighted by molar-refractivity contribution is 5.94. The molecule has 0 aliphatic carbocycles. The van der Waals surface area contributed by atoms with Crippen LogP contribution in [-0.4, -0.2) is 44.0 Å². The summed E-state index contributed by atoms with van der Waals surface area (Å²) in [7, 11) is 3.27. The molecule has 20 heavy (non-hydrogen) atoms. The maximum absolute atomic E-state index is 11.8. The second-order valence-electron chi connectivity index (χ2n) is 4.46. The van der Waals surface area contributed by atoms with E-state index in [1.807, 2.05) is 0 Å². The van der Waals surface area contributed by atoms with Gasteiger partial charge in [-0.25, -0.2) is 0 Å². The van der Waals surface area contributed by atoms with Gasteiger partial charge < -0.3 is 21.5 Å².